The van der Waals surface area contributed by atoms with E-state index in [1.165, 1.54) is 11.1 Å². The van der Waals surface area contributed by atoms with Crippen LogP contribution in [0, 0.1) is 0 Å². The van der Waals surface area contributed by atoms with Crippen LogP contribution in [0.2, 0.25) is 0 Å². The first-order valence-corrected chi connectivity index (χ1v) is 8.99. The monoisotopic (exact) mass is 424 g/mol. The molecule has 6 heteroatoms. The summed E-state index contributed by atoms with van der Waals surface area (Å²) in [6.45, 7) is 8.47. The van der Waals surface area contributed by atoms with Gasteiger partial charge in [-0.25, -0.2) is 0 Å². The molecule has 1 heterocycles. The predicted molar refractivity (Wildman–Crippen MR) is 93.9 cm³/mol. The third-order valence-corrected chi connectivity index (χ3v) is 3.86. The van der Waals surface area contributed by atoms with Crippen molar-refractivity contribution in [3.8, 4) is 11.5 Å². The van der Waals surface area contributed by atoms with Crippen LogP contribution in [0.15, 0.2) is 12.1 Å². The maximum Gasteiger partial charge on any atom is 1.00 e. The maximum atomic E-state index is 5.75. The van der Waals surface area contributed by atoms with Crippen molar-refractivity contribution in [3.05, 3.63) is 23.3 Å². The van der Waals surface area contributed by atoms with E-state index in [1.807, 2.05) is 6.07 Å². The number of unbranched alkanes of at least 4 members (excludes halogenated alkanes) is 1. The van der Waals surface area contributed by atoms with Crippen LogP contribution in [0.3, 0.4) is 0 Å². The first-order chi connectivity index (χ1) is 11.8. The fraction of sp³-hybridized carbons (Fsp3) is 0.684. The summed E-state index contributed by atoms with van der Waals surface area (Å²) in [5.41, 5.74) is 2.44. The van der Waals surface area contributed by atoms with Crippen LogP contribution in [-0.2, 0) is 27.2 Å². The number of aryl methyl sites for hydroxylation is 1. The fourth-order valence-electron chi connectivity index (χ4n) is 2.53. The Morgan fingerprint density at radius 2 is 1.44 bits per heavy atom. The van der Waals surface area contributed by atoms with Crippen molar-refractivity contribution in [2.75, 3.05) is 39.8 Å². The quantitative estimate of drug-likeness (QED) is 0.439. The van der Waals surface area contributed by atoms with E-state index in [0.29, 0.717) is 39.8 Å². The van der Waals surface area contributed by atoms with Crippen LogP contribution in [-0.4, -0.2) is 39.8 Å². The Labute approximate surface area is 202 Å². The summed E-state index contributed by atoms with van der Waals surface area (Å²) in [4.78, 5) is 0. The minimum absolute atomic E-state index is 0. The molecule has 1 aliphatic heterocycles. The summed E-state index contributed by atoms with van der Waals surface area (Å²) >= 11 is 0. The van der Waals surface area contributed by atoms with E-state index in [0.717, 1.165) is 43.8 Å². The van der Waals surface area contributed by atoms with E-state index in [4.69, 9.17) is 23.7 Å². The van der Waals surface area contributed by atoms with Gasteiger partial charge in [0.15, 0.2) is 11.5 Å². The van der Waals surface area contributed by atoms with E-state index < -0.39 is 0 Å². The molecule has 0 aliphatic carbocycles. The molecule has 0 saturated carbocycles. The van der Waals surface area contributed by atoms with Crippen molar-refractivity contribution in [1.29, 1.82) is 0 Å². The van der Waals surface area contributed by atoms with Gasteiger partial charge in [0, 0.05) is 6.61 Å². The van der Waals surface area contributed by atoms with Crippen molar-refractivity contribution >= 4 is 0 Å². The van der Waals surface area contributed by atoms with Gasteiger partial charge >= 0.3 is 58.2 Å². The number of rotatable bonds is 13. The second-order valence-electron chi connectivity index (χ2n) is 5.86. The van der Waals surface area contributed by atoms with Gasteiger partial charge in [-0.15, -0.1) is 0 Å². The van der Waals surface area contributed by atoms with Gasteiger partial charge in [-0.3, -0.25) is 0 Å². The molecule has 2 rings (SSSR count). The number of hydrogen-bond acceptors (Lipinski definition) is 5. The second kappa shape index (κ2) is 14.5. The average molecular weight is 425 g/mol. The molecule has 0 bridgehead atoms. The Kier molecular flexibility index (Phi) is 13.7. The van der Waals surface area contributed by atoms with Gasteiger partial charge in [0.2, 0.25) is 6.79 Å². The molecule has 0 spiro atoms. The Hall–Kier alpha value is 0.505. The summed E-state index contributed by atoms with van der Waals surface area (Å²) in [7, 11) is 0. The fourth-order valence-corrected chi connectivity index (χ4v) is 2.53. The molecule has 0 fully saturated rings. The van der Waals surface area contributed by atoms with Crippen LogP contribution in [0.1, 0.15) is 45.7 Å². The van der Waals surface area contributed by atoms with E-state index in [2.05, 4.69) is 19.9 Å². The molecule has 0 atom stereocenters. The van der Waals surface area contributed by atoms with Crippen molar-refractivity contribution in [2.24, 2.45) is 0 Å². The molecule has 0 saturated heterocycles. The van der Waals surface area contributed by atoms with Crippen LogP contribution < -0.4 is 67.7 Å². The Bertz CT molecular complexity index is 487. The third-order valence-electron chi connectivity index (χ3n) is 3.86. The molecule has 1 aliphatic rings. The van der Waals surface area contributed by atoms with Crippen LogP contribution in [0.5, 0.6) is 11.5 Å². The number of benzene rings is 1. The van der Waals surface area contributed by atoms with E-state index in [-0.39, 0.29) is 59.6 Å². The molecule has 0 aromatic heterocycles. The topological polar surface area (TPSA) is 46.2 Å². The molecule has 1 aromatic carbocycles. The molecule has 0 radical (unpaired) electrons. The molecule has 0 N–H and O–H groups in total. The van der Waals surface area contributed by atoms with Crippen LogP contribution >= 0.6 is 0 Å². The molecule has 138 valence electrons. The zero-order valence-corrected chi connectivity index (χ0v) is 20.9. The molecule has 1 aromatic rings. The molecule has 25 heavy (non-hydrogen) atoms. The largest absolute Gasteiger partial charge is 1.00 e. The van der Waals surface area contributed by atoms with Gasteiger partial charge in [0.1, 0.15) is 0 Å². The van der Waals surface area contributed by atoms with Crippen molar-refractivity contribution in [3.63, 3.8) is 0 Å². The zero-order valence-electron chi connectivity index (χ0n) is 17.0. The van der Waals surface area contributed by atoms with Gasteiger partial charge in [-0.05, 0) is 36.1 Å². The van der Waals surface area contributed by atoms with Crippen molar-refractivity contribution in [2.45, 2.75) is 46.1 Å². The van der Waals surface area contributed by atoms with Gasteiger partial charge in [0.05, 0.1) is 33.0 Å². The first kappa shape index (κ1) is 23.5. The average Bonchev–Trinajstić information content (AvgIpc) is 3.04. The molecular weight excluding hydrogens is 394 g/mol. The van der Waals surface area contributed by atoms with Gasteiger partial charge in [-0.1, -0.05) is 26.7 Å². The molecule has 5 nitrogen and oxygen atoms in total. The smallest absolute Gasteiger partial charge is 1.00 e. The first-order valence-electron chi connectivity index (χ1n) is 8.99. The van der Waals surface area contributed by atoms with E-state index in [9.17, 15) is 0 Å². The number of hydrogen-bond donors (Lipinski definition) is 0. The van der Waals surface area contributed by atoms with Crippen molar-refractivity contribution in [1.82, 2.24) is 0 Å². The normalized spacial score (nSPS) is 12.2. The number of fused-ring (bicyclic) bond motifs is 1. The maximum absolute atomic E-state index is 5.75. The van der Waals surface area contributed by atoms with Gasteiger partial charge in [-0.2, -0.15) is 0 Å². The van der Waals surface area contributed by atoms with Crippen molar-refractivity contribution < 1.29 is 83.3 Å². The second-order valence-corrected chi connectivity index (χ2v) is 5.86. The molecule has 0 unspecified atom stereocenters. The van der Waals surface area contributed by atoms with Gasteiger partial charge in [0.25, 0.3) is 0 Å². The van der Waals surface area contributed by atoms with E-state index in [1.54, 1.807) is 0 Å². The standard InChI is InChI=1S/C19H30O5.Rb.H/c1-3-5-7-20-8-9-21-10-11-22-14-17-13-19-18(23-15-24-19)12-16(17)6-4-2;;/h12-13H,3-11,14-15H2,1-2H3;;/q;+1;-1. The third kappa shape index (κ3) is 8.82. The summed E-state index contributed by atoms with van der Waals surface area (Å²) in [6, 6.07) is 4.12. The summed E-state index contributed by atoms with van der Waals surface area (Å²) in [5.74, 6) is 1.66. The van der Waals surface area contributed by atoms with Crippen LogP contribution in [0.4, 0.5) is 0 Å². The molecule has 0 amide bonds. The molecular formula is C19H31O5Rb. The summed E-state index contributed by atoms with van der Waals surface area (Å²) < 4.78 is 27.6. The summed E-state index contributed by atoms with van der Waals surface area (Å²) in [6.07, 6.45) is 4.38. The summed E-state index contributed by atoms with van der Waals surface area (Å²) in [5, 5.41) is 0. The van der Waals surface area contributed by atoms with Gasteiger partial charge < -0.3 is 25.1 Å². The number of ether oxygens (including phenoxy) is 5. The Balaban J connectivity index is 0.00000312. The van der Waals surface area contributed by atoms with Crippen LogP contribution in [0.25, 0.3) is 0 Å². The Morgan fingerprint density at radius 3 is 2.08 bits per heavy atom. The minimum Gasteiger partial charge on any atom is -1.00 e. The van der Waals surface area contributed by atoms with E-state index >= 15 is 0 Å². The predicted octanol–water partition coefficient (Wildman–Crippen LogP) is 0.834. The zero-order chi connectivity index (χ0) is 17.0. The Morgan fingerprint density at radius 1 is 0.840 bits per heavy atom. The SMILES string of the molecule is CCCCOCCOCCOCc1cc2c(cc1CCC)OCO2.[H-].[Rb+]. The minimum atomic E-state index is 0.